The van der Waals surface area contributed by atoms with E-state index in [0.717, 1.165) is 5.52 Å². The molecule has 0 amide bonds. The number of sulfonamides is 1. The van der Waals surface area contributed by atoms with Gasteiger partial charge in [0, 0.05) is 29.5 Å². The zero-order valence-electron chi connectivity index (χ0n) is 15.9. The van der Waals surface area contributed by atoms with E-state index >= 15 is 0 Å². The number of esters is 1. The van der Waals surface area contributed by atoms with Crippen LogP contribution in [0.2, 0.25) is 5.02 Å². The Bertz CT molecular complexity index is 1250. The lowest BCUT2D eigenvalue weighted by Gasteiger charge is -2.22. The van der Waals surface area contributed by atoms with E-state index in [0.29, 0.717) is 29.0 Å². The molecule has 4 rings (SSSR count). The maximum atomic E-state index is 13.0. The Morgan fingerprint density at radius 1 is 1.23 bits per heavy atom. The summed E-state index contributed by atoms with van der Waals surface area (Å²) < 4.78 is 34.4. The fourth-order valence-corrected chi connectivity index (χ4v) is 5.44. The molecule has 0 spiro atoms. The number of hydrogen-bond donors (Lipinski definition) is 0. The number of rotatable bonds is 5. The van der Waals surface area contributed by atoms with Crippen molar-refractivity contribution in [1.29, 1.82) is 5.26 Å². The van der Waals surface area contributed by atoms with E-state index in [4.69, 9.17) is 16.3 Å². The standard InChI is InChI=1S/C21H18ClN3O4S/c22-16-6-8-17(9-7-16)30(27,28)25-11-3-5-20(25)21(26)29-14-15-13-24-10-2-1-4-19(24)18(15)12-23/h1-2,4,6-10,13,20H,3,5,11,14H2/t20-/m0/s1. The summed E-state index contributed by atoms with van der Waals surface area (Å²) in [6, 6.07) is 12.6. The minimum absolute atomic E-state index is 0.0806. The molecule has 0 N–H and O–H groups in total. The van der Waals surface area contributed by atoms with Gasteiger partial charge in [0.1, 0.15) is 18.7 Å². The molecule has 0 aliphatic carbocycles. The molecular weight excluding hydrogens is 426 g/mol. The van der Waals surface area contributed by atoms with Gasteiger partial charge in [-0.3, -0.25) is 4.79 Å². The second-order valence-corrected chi connectivity index (χ2v) is 9.30. The largest absolute Gasteiger partial charge is 0.460 e. The average molecular weight is 444 g/mol. The lowest BCUT2D eigenvalue weighted by Crippen LogP contribution is -2.41. The lowest BCUT2D eigenvalue weighted by atomic mass is 10.2. The Labute approximate surface area is 179 Å². The highest BCUT2D eigenvalue weighted by atomic mass is 35.5. The molecule has 3 aromatic rings. The fourth-order valence-electron chi connectivity index (χ4n) is 3.67. The van der Waals surface area contributed by atoms with Crippen molar-refractivity contribution in [2.75, 3.05) is 6.54 Å². The molecule has 30 heavy (non-hydrogen) atoms. The molecule has 0 radical (unpaired) electrons. The Hall–Kier alpha value is -2.86. The van der Waals surface area contributed by atoms with Crippen molar-refractivity contribution < 1.29 is 17.9 Å². The Morgan fingerprint density at radius 3 is 2.73 bits per heavy atom. The van der Waals surface area contributed by atoms with Gasteiger partial charge in [0.15, 0.2) is 0 Å². The van der Waals surface area contributed by atoms with Crippen LogP contribution in [0.15, 0.2) is 59.8 Å². The first-order valence-corrected chi connectivity index (χ1v) is 11.2. The van der Waals surface area contributed by atoms with Crippen molar-refractivity contribution in [3.8, 4) is 6.07 Å². The van der Waals surface area contributed by atoms with Gasteiger partial charge in [-0.1, -0.05) is 17.7 Å². The summed E-state index contributed by atoms with van der Waals surface area (Å²) in [5.41, 5.74) is 1.72. The number of nitriles is 1. The van der Waals surface area contributed by atoms with E-state index in [9.17, 15) is 18.5 Å². The summed E-state index contributed by atoms with van der Waals surface area (Å²) >= 11 is 5.85. The second-order valence-electron chi connectivity index (χ2n) is 6.97. The van der Waals surface area contributed by atoms with Crippen LogP contribution < -0.4 is 0 Å². The predicted molar refractivity (Wildman–Crippen MR) is 110 cm³/mol. The molecular formula is C21H18ClN3O4S. The van der Waals surface area contributed by atoms with Crippen LogP contribution in [-0.4, -0.2) is 35.7 Å². The number of benzene rings is 1. The van der Waals surface area contributed by atoms with Crippen LogP contribution in [0.1, 0.15) is 24.0 Å². The summed E-state index contributed by atoms with van der Waals surface area (Å²) in [4.78, 5) is 12.8. The van der Waals surface area contributed by atoms with E-state index < -0.39 is 22.0 Å². The van der Waals surface area contributed by atoms with Crippen LogP contribution in [0.3, 0.4) is 0 Å². The first-order chi connectivity index (χ1) is 14.4. The summed E-state index contributed by atoms with van der Waals surface area (Å²) in [6.07, 6.45) is 4.48. The summed E-state index contributed by atoms with van der Waals surface area (Å²) in [5.74, 6) is -0.621. The summed E-state index contributed by atoms with van der Waals surface area (Å²) in [7, 11) is -3.85. The first-order valence-electron chi connectivity index (χ1n) is 9.34. The number of fused-ring (bicyclic) bond motifs is 1. The first kappa shape index (κ1) is 20.4. The van der Waals surface area contributed by atoms with Gasteiger partial charge in [-0.2, -0.15) is 9.57 Å². The highest BCUT2D eigenvalue weighted by Crippen LogP contribution is 2.28. The molecule has 0 bridgehead atoms. The van der Waals surface area contributed by atoms with E-state index in [1.54, 1.807) is 22.9 Å². The Balaban J connectivity index is 1.52. The minimum atomic E-state index is -3.85. The molecule has 2 aromatic heterocycles. The lowest BCUT2D eigenvalue weighted by molar-refractivity contribution is -0.148. The highest BCUT2D eigenvalue weighted by molar-refractivity contribution is 7.89. The normalized spacial score (nSPS) is 17.1. The number of aromatic nitrogens is 1. The van der Waals surface area contributed by atoms with E-state index in [2.05, 4.69) is 6.07 Å². The van der Waals surface area contributed by atoms with Crippen LogP contribution >= 0.6 is 11.6 Å². The van der Waals surface area contributed by atoms with Gasteiger partial charge in [0.2, 0.25) is 10.0 Å². The van der Waals surface area contributed by atoms with Crippen molar-refractivity contribution in [3.05, 3.63) is 71.0 Å². The molecule has 1 aliphatic heterocycles. The number of carbonyl (C=O) groups is 1. The molecule has 1 fully saturated rings. The maximum Gasteiger partial charge on any atom is 0.324 e. The van der Waals surface area contributed by atoms with Crippen molar-refractivity contribution in [1.82, 2.24) is 8.71 Å². The van der Waals surface area contributed by atoms with Gasteiger partial charge in [-0.15, -0.1) is 0 Å². The van der Waals surface area contributed by atoms with Gasteiger partial charge < -0.3 is 9.14 Å². The highest BCUT2D eigenvalue weighted by Gasteiger charge is 2.40. The van der Waals surface area contributed by atoms with Crippen molar-refractivity contribution in [2.24, 2.45) is 0 Å². The Kier molecular flexibility index (Phi) is 5.52. The monoisotopic (exact) mass is 443 g/mol. The van der Waals surface area contributed by atoms with E-state index in [-0.39, 0.29) is 18.0 Å². The molecule has 3 heterocycles. The van der Waals surface area contributed by atoms with Gasteiger partial charge >= 0.3 is 5.97 Å². The van der Waals surface area contributed by atoms with E-state index in [1.807, 2.05) is 12.1 Å². The average Bonchev–Trinajstić information content (AvgIpc) is 3.37. The molecule has 154 valence electrons. The number of pyridine rings is 1. The molecule has 7 nitrogen and oxygen atoms in total. The van der Waals surface area contributed by atoms with Crippen molar-refractivity contribution in [2.45, 2.75) is 30.4 Å². The third-order valence-electron chi connectivity index (χ3n) is 5.14. The van der Waals surface area contributed by atoms with Gasteiger partial charge in [-0.25, -0.2) is 8.42 Å². The summed E-state index contributed by atoms with van der Waals surface area (Å²) in [6.45, 7) is 0.138. The molecule has 1 saturated heterocycles. The quantitative estimate of drug-likeness (QED) is 0.564. The zero-order chi connectivity index (χ0) is 21.3. The number of nitrogens with zero attached hydrogens (tertiary/aromatic N) is 3. The fraction of sp³-hybridized carbons (Fsp3) is 0.238. The zero-order valence-corrected chi connectivity index (χ0v) is 17.4. The number of hydrogen-bond acceptors (Lipinski definition) is 5. The number of halogens is 1. The number of ether oxygens (including phenoxy) is 1. The number of carbonyl (C=O) groups excluding carboxylic acids is 1. The third-order valence-corrected chi connectivity index (χ3v) is 7.31. The summed E-state index contributed by atoms with van der Waals surface area (Å²) in [5, 5.41) is 9.91. The van der Waals surface area contributed by atoms with Crippen molar-refractivity contribution in [3.63, 3.8) is 0 Å². The smallest absolute Gasteiger partial charge is 0.324 e. The van der Waals surface area contributed by atoms with E-state index in [1.165, 1.54) is 28.6 Å². The maximum absolute atomic E-state index is 13.0. The molecule has 1 aromatic carbocycles. The van der Waals surface area contributed by atoms with Crippen LogP contribution in [-0.2, 0) is 26.2 Å². The molecule has 0 saturated carbocycles. The predicted octanol–water partition coefficient (Wildman–Crippen LogP) is 3.36. The van der Waals surface area contributed by atoms with Crippen LogP contribution in [0, 0.1) is 11.3 Å². The SMILES string of the molecule is N#Cc1c(COC(=O)[C@@H]2CCCN2S(=O)(=O)c2ccc(Cl)cc2)cn2ccccc12. The minimum Gasteiger partial charge on any atom is -0.460 e. The molecule has 0 unspecified atom stereocenters. The second kappa shape index (κ2) is 8.11. The molecule has 1 aliphatic rings. The van der Waals surface area contributed by atoms with Gasteiger partial charge in [-0.05, 0) is 49.2 Å². The van der Waals surface area contributed by atoms with Crippen LogP contribution in [0.4, 0.5) is 0 Å². The Morgan fingerprint density at radius 2 is 2.00 bits per heavy atom. The third kappa shape index (κ3) is 3.67. The topological polar surface area (TPSA) is 91.9 Å². The molecule has 9 heteroatoms. The van der Waals surface area contributed by atoms with Crippen LogP contribution in [0.25, 0.3) is 5.52 Å². The van der Waals surface area contributed by atoms with Gasteiger partial charge in [0.25, 0.3) is 0 Å². The van der Waals surface area contributed by atoms with Crippen molar-refractivity contribution >= 4 is 33.1 Å². The van der Waals surface area contributed by atoms with Crippen LogP contribution in [0.5, 0.6) is 0 Å². The molecule has 1 atom stereocenters. The van der Waals surface area contributed by atoms with Gasteiger partial charge in [0.05, 0.1) is 16.0 Å².